The summed E-state index contributed by atoms with van der Waals surface area (Å²) in [5.74, 6) is 0.746. The van der Waals surface area contributed by atoms with Crippen LogP contribution in [0.1, 0.15) is 5.56 Å². The number of rotatable bonds is 2. The Balaban J connectivity index is 1.88. The Kier molecular flexibility index (Phi) is 2.87. The molecule has 4 nitrogen and oxygen atoms in total. The lowest BCUT2D eigenvalue weighted by Gasteiger charge is -2.08. The summed E-state index contributed by atoms with van der Waals surface area (Å²) in [4.78, 5) is 4.47. The molecule has 3 aromatic rings. The van der Waals surface area contributed by atoms with Gasteiger partial charge < -0.3 is 14.9 Å². The van der Waals surface area contributed by atoms with Crippen LogP contribution < -0.4 is 10.5 Å². The molecular formula is C16H13ClN2O2. The third kappa shape index (κ3) is 1.99. The van der Waals surface area contributed by atoms with Gasteiger partial charge in [-0.15, -0.1) is 0 Å². The third-order valence-corrected chi connectivity index (χ3v) is 4.05. The van der Waals surface area contributed by atoms with Crippen LogP contribution in [0.4, 0.5) is 0 Å². The minimum absolute atomic E-state index is 0.00502. The number of benzene rings is 1. The highest BCUT2D eigenvalue weighted by atomic mass is 35.5. The molecule has 3 heterocycles. The number of pyridine rings is 1. The van der Waals surface area contributed by atoms with Crippen molar-refractivity contribution < 1.29 is 9.15 Å². The number of nitrogens with two attached hydrogens (primary N) is 1. The Morgan fingerprint density at radius 2 is 2.24 bits per heavy atom. The zero-order chi connectivity index (χ0) is 14.4. The van der Waals surface area contributed by atoms with Gasteiger partial charge >= 0.3 is 0 Å². The Morgan fingerprint density at radius 3 is 3.10 bits per heavy atom. The fraction of sp³-hybridized carbons (Fsp3) is 0.188. The van der Waals surface area contributed by atoms with Gasteiger partial charge in [0.25, 0.3) is 0 Å². The SMILES string of the molecule is NCC1Cc2cc(-c3nccc4occc34)cc(Cl)c2O1. The Bertz CT molecular complexity index is 828. The standard InChI is InChI=1S/C16H13ClN2O2/c17-13-7-9(5-10-6-11(8-18)21-16(10)13)15-12-2-4-20-14(12)1-3-19-15/h1-5,7,11H,6,8,18H2. The predicted octanol–water partition coefficient (Wildman–Crippen LogP) is 3.41. The van der Waals surface area contributed by atoms with Crippen molar-refractivity contribution in [1.29, 1.82) is 0 Å². The van der Waals surface area contributed by atoms with Crippen LogP contribution in [0, 0.1) is 0 Å². The molecule has 0 bridgehead atoms. The largest absolute Gasteiger partial charge is 0.487 e. The van der Waals surface area contributed by atoms with Gasteiger partial charge in [-0.05, 0) is 24.3 Å². The predicted molar refractivity (Wildman–Crippen MR) is 81.6 cm³/mol. The third-order valence-electron chi connectivity index (χ3n) is 3.77. The Morgan fingerprint density at radius 1 is 1.33 bits per heavy atom. The van der Waals surface area contributed by atoms with Crippen LogP contribution in [0.2, 0.25) is 5.02 Å². The number of halogens is 1. The molecule has 0 saturated heterocycles. The fourth-order valence-electron chi connectivity index (χ4n) is 2.78. The van der Waals surface area contributed by atoms with Crippen LogP contribution in [0.25, 0.3) is 22.2 Å². The van der Waals surface area contributed by atoms with Gasteiger partial charge in [0, 0.05) is 35.7 Å². The second-order valence-corrected chi connectivity index (χ2v) is 5.53. The topological polar surface area (TPSA) is 61.3 Å². The molecule has 1 atom stereocenters. The van der Waals surface area contributed by atoms with E-state index in [0.29, 0.717) is 11.6 Å². The van der Waals surface area contributed by atoms with Gasteiger partial charge in [0.15, 0.2) is 0 Å². The Hall–Kier alpha value is -2.04. The summed E-state index contributed by atoms with van der Waals surface area (Å²) in [7, 11) is 0. The fourth-order valence-corrected chi connectivity index (χ4v) is 3.06. The summed E-state index contributed by atoms with van der Waals surface area (Å²) in [6.45, 7) is 0.482. The second kappa shape index (κ2) is 4.76. The van der Waals surface area contributed by atoms with E-state index in [-0.39, 0.29) is 6.10 Å². The maximum atomic E-state index is 6.36. The molecule has 1 aromatic carbocycles. The Labute approximate surface area is 126 Å². The van der Waals surface area contributed by atoms with E-state index in [0.717, 1.165) is 40.0 Å². The van der Waals surface area contributed by atoms with Gasteiger partial charge in [-0.3, -0.25) is 4.98 Å². The normalized spacial score (nSPS) is 17.0. The molecule has 0 radical (unpaired) electrons. The summed E-state index contributed by atoms with van der Waals surface area (Å²) in [5.41, 5.74) is 9.40. The van der Waals surface area contributed by atoms with Gasteiger partial charge in [0.1, 0.15) is 17.4 Å². The van der Waals surface area contributed by atoms with E-state index < -0.39 is 0 Å². The molecule has 0 saturated carbocycles. The molecule has 21 heavy (non-hydrogen) atoms. The molecule has 0 spiro atoms. The van der Waals surface area contributed by atoms with Crippen LogP contribution in [0.15, 0.2) is 41.1 Å². The van der Waals surface area contributed by atoms with Crippen LogP contribution in [-0.2, 0) is 6.42 Å². The zero-order valence-electron chi connectivity index (χ0n) is 11.2. The van der Waals surface area contributed by atoms with E-state index in [1.807, 2.05) is 18.2 Å². The van der Waals surface area contributed by atoms with Gasteiger partial charge in [-0.25, -0.2) is 0 Å². The lowest BCUT2D eigenvalue weighted by Crippen LogP contribution is -2.24. The lowest BCUT2D eigenvalue weighted by molar-refractivity contribution is 0.241. The van der Waals surface area contributed by atoms with E-state index in [1.54, 1.807) is 12.5 Å². The monoisotopic (exact) mass is 300 g/mol. The number of ether oxygens (including phenoxy) is 1. The lowest BCUT2D eigenvalue weighted by atomic mass is 10.0. The molecule has 1 aliphatic rings. The highest BCUT2D eigenvalue weighted by Crippen LogP contribution is 2.40. The van der Waals surface area contributed by atoms with Crippen molar-refractivity contribution in [2.45, 2.75) is 12.5 Å². The van der Waals surface area contributed by atoms with Crippen molar-refractivity contribution in [3.05, 3.63) is 47.3 Å². The molecule has 2 aromatic heterocycles. The van der Waals surface area contributed by atoms with Crippen molar-refractivity contribution in [3.8, 4) is 17.0 Å². The van der Waals surface area contributed by atoms with Crippen LogP contribution >= 0.6 is 11.6 Å². The molecule has 106 valence electrons. The number of furan rings is 1. The molecule has 0 fully saturated rings. The van der Waals surface area contributed by atoms with E-state index in [9.17, 15) is 0 Å². The van der Waals surface area contributed by atoms with E-state index in [4.69, 9.17) is 26.5 Å². The number of nitrogens with zero attached hydrogens (tertiary/aromatic N) is 1. The minimum atomic E-state index is 0.00502. The van der Waals surface area contributed by atoms with E-state index >= 15 is 0 Å². The first-order valence-corrected chi connectivity index (χ1v) is 7.16. The average Bonchev–Trinajstić information content (AvgIpc) is 3.12. The van der Waals surface area contributed by atoms with Gasteiger partial charge in [-0.1, -0.05) is 11.6 Å². The first-order chi connectivity index (χ1) is 10.3. The zero-order valence-corrected chi connectivity index (χ0v) is 11.9. The van der Waals surface area contributed by atoms with Crippen LogP contribution in [0.5, 0.6) is 5.75 Å². The quantitative estimate of drug-likeness (QED) is 0.788. The summed E-state index contributed by atoms with van der Waals surface area (Å²) in [5, 5.41) is 1.57. The first-order valence-electron chi connectivity index (χ1n) is 6.78. The number of aromatic nitrogens is 1. The molecule has 0 amide bonds. The van der Waals surface area contributed by atoms with Crippen molar-refractivity contribution in [2.75, 3.05) is 6.54 Å². The van der Waals surface area contributed by atoms with Crippen LogP contribution in [0.3, 0.4) is 0 Å². The molecular weight excluding hydrogens is 288 g/mol. The van der Waals surface area contributed by atoms with Gasteiger partial charge in [-0.2, -0.15) is 0 Å². The van der Waals surface area contributed by atoms with Crippen molar-refractivity contribution in [3.63, 3.8) is 0 Å². The summed E-state index contributed by atoms with van der Waals surface area (Å²) in [6.07, 6.45) is 4.19. The summed E-state index contributed by atoms with van der Waals surface area (Å²) < 4.78 is 11.2. The molecule has 5 heteroatoms. The number of fused-ring (bicyclic) bond motifs is 2. The van der Waals surface area contributed by atoms with Crippen molar-refractivity contribution in [1.82, 2.24) is 4.98 Å². The van der Waals surface area contributed by atoms with Gasteiger partial charge in [0.2, 0.25) is 0 Å². The van der Waals surface area contributed by atoms with E-state index in [1.165, 1.54) is 0 Å². The smallest absolute Gasteiger partial charge is 0.141 e. The molecule has 2 N–H and O–H groups in total. The van der Waals surface area contributed by atoms with E-state index in [2.05, 4.69) is 11.1 Å². The average molecular weight is 301 g/mol. The van der Waals surface area contributed by atoms with Crippen molar-refractivity contribution >= 4 is 22.6 Å². The highest BCUT2D eigenvalue weighted by molar-refractivity contribution is 6.32. The molecule has 4 rings (SSSR count). The number of hydrogen-bond acceptors (Lipinski definition) is 4. The molecule has 0 aliphatic carbocycles. The van der Waals surface area contributed by atoms with Crippen molar-refractivity contribution in [2.24, 2.45) is 5.73 Å². The molecule has 1 unspecified atom stereocenters. The maximum Gasteiger partial charge on any atom is 0.141 e. The molecule has 1 aliphatic heterocycles. The summed E-state index contributed by atoms with van der Waals surface area (Å²) in [6, 6.07) is 7.72. The van der Waals surface area contributed by atoms with Gasteiger partial charge in [0.05, 0.1) is 17.0 Å². The highest BCUT2D eigenvalue weighted by Gasteiger charge is 2.25. The number of hydrogen-bond donors (Lipinski definition) is 1. The second-order valence-electron chi connectivity index (χ2n) is 5.12. The first kappa shape index (κ1) is 12.7. The summed E-state index contributed by atoms with van der Waals surface area (Å²) >= 11 is 6.36. The van der Waals surface area contributed by atoms with Crippen LogP contribution in [-0.4, -0.2) is 17.6 Å². The maximum absolute atomic E-state index is 6.36. The minimum Gasteiger partial charge on any atom is -0.487 e.